The number of aliphatic hydroxyl groups is 2. The summed E-state index contributed by atoms with van der Waals surface area (Å²) >= 11 is 38.6. The van der Waals surface area contributed by atoms with Crippen molar-refractivity contribution in [2.75, 3.05) is 5.34 Å². The third kappa shape index (κ3) is 23.3. The third-order valence-corrected chi connectivity index (χ3v) is 1.61. The molecule has 0 radical (unpaired) electrons. The van der Waals surface area contributed by atoms with Crippen LogP contribution in [0.1, 0.15) is 0 Å². The first-order valence-electron chi connectivity index (χ1n) is 3.15. The highest BCUT2D eigenvalue weighted by atomic mass is 35.6. The number of halogens is 8. The summed E-state index contributed by atoms with van der Waals surface area (Å²) in [7, 11) is 0. The Morgan fingerprint density at radius 2 is 1.12 bits per heavy atom. The number of carbonyl (C=O) groups is 1. The number of carboxylic acids is 1. The molecule has 4 nitrogen and oxygen atoms in total. The van der Waals surface area contributed by atoms with E-state index < -0.39 is 19.8 Å². The van der Waals surface area contributed by atoms with Gasteiger partial charge in [0.1, 0.15) is 0 Å². The SMILES string of the molecule is ClCCl.O=C(O)C(Cl)(Cl)Cl.OC(O)C(Cl)(Cl)Cl. The highest BCUT2D eigenvalue weighted by Crippen LogP contribution is 2.28. The van der Waals surface area contributed by atoms with E-state index in [9.17, 15) is 4.79 Å². The van der Waals surface area contributed by atoms with Gasteiger partial charge in [-0.25, -0.2) is 4.79 Å². The number of aliphatic hydroxyl groups excluding tert-OH is 1. The minimum atomic E-state index is -2.17. The summed E-state index contributed by atoms with van der Waals surface area (Å²) in [4.78, 5) is 9.62. The van der Waals surface area contributed by atoms with Gasteiger partial charge in [-0.3, -0.25) is 0 Å². The standard InChI is InChI=1S/C2H3Cl3O2.C2HCl3O2.CH2Cl2/c2*3-2(4,5)1(6)7;2-1-3/h1,6-7H;(H,6,7);1H2. The fraction of sp³-hybridized carbons (Fsp3) is 0.800. The van der Waals surface area contributed by atoms with Gasteiger partial charge in [0.25, 0.3) is 3.79 Å². The van der Waals surface area contributed by atoms with Crippen LogP contribution in [0.3, 0.4) is 0 Å². The van der Waals surface area contributed by atoms with Crippen molar-refractivity contribution >= 4 is 98.8 Å². The molecule has 12 heteroatoms. The molecule has 0 aromatic carbocycles. The van der Waals surface area contributed by atoms with Crippen LogP contribution in [0, 0.1) is 0 Å². The Balaban J connectivity index is -0.000000188. The van der Waals surface area contributed by atoms with E-state index in [1.165, 1.54) is 0 Å². The fourth-order valence-electron chi connectivity index (χ4n) is 0. The van der Waals surface area contributed by atoms with E-state index in [1.54, 1.807) is 0 Å². The van der Waals surface area contributed by atoms with E-state index in [0.717, 1.165) is 0 Å². The van der Waals surface area contributed by atoms with Gasteiger partial charge < -0.3 is 15.3 Å². The molecule has 0 atom stereocenters. The highest BCUT2D eigenvalue weighted by molar-refractivity contribution is 6.75. The Morgan fingerprint density at radius 3 is 1.12 bits per heavy atom. The van der Waals surface area contributed by atoms with E-state index in [4.69, 9.17) is 108 Å². The minimum Gasteiger partial charge on any atom is -0.478 e. The molecule has 3 N–H and O–H groups in total. The van der Waals surface area contributed by atoms with E-state index in [-0.39, 0.29) is 5.34 Å². The van der Waals surface area contributed by atoms with Crippen LogP contribution in [0.2, 0.25) is 0 Å². The van der Waals surface area contributed by atoms with Crippen molar-refractivity contribution in [3.8, 4) is 0 Å². The molecule has 106 valence electrons. The summed E-state index contributed by atoms with van der Waals surface area (Å²) in [5, 5.41) is 24.1. The average molecular weight is 414 g/mol. The van der Waals surface area contributed by atoms with Gasteiger partial charge in [0.05, 0.1) is 5.34 Å². The monoisotopic (exact) mass is 410 g/mol. The molecule has 0 unspecified atom stereocenters. The number of aliphatic carboxylic acids is 1. The number of carboxylic acid groups (broad SMARTS) is 1. The van der Waals surface area contributed by atoms with Crippen LogP contribution in [-0.2, 0) is 4.79 Å². The zero-order valence-corrected chi connectivity index (χ0v) is 13.6. The number of hydrogen-bond donors (Lipinski definition) is 3. The first kappa shape index (κ1) is 23.8. The van der Waals surface area contributed by atoms with Gasteiger partial charge in [-0.05, 0) is 0 Å². The molecule has 0 saturated carbocycles. The molecule has 0 heterocycles. The minimum absolute atomic E-state index is 0.194. The Bertz CT molecular complexity index is 197. The molecule has 0 aliphatic heterocycles. The number of rotatable bonds is 0. The molecule has 0 fully saturated rings. The lowest BCUT2D eigenvalue weighted by Crippen LogP contribution is -2.23. The van der Waals surface area contributed by atoms with E-state index in [0.29, 0.717) is 0 Å². The van der Waals surface area contributed by atoms with E-state index in [2.05, 4.69) is 0 Å². The average Bonchev–Trinajstić information content (AvgIpc) is 2.02. The third-order valence-electron chi connectivity index (χ3n) is 0.535. The van der Waals surface area contributed by atoms with Crippen LogP contribution >= 0.6 is 92.8 Å². The van der Waals surface area contributed by atoms with Gasteiger partial charge in [-0.2, -0.15) is 0 Å². The molecule has 17 heavy (non-hydrogen) atoms. The maximum absolute atomic E-state index is 9.62. The molecule has 0 aromatic rings. The summed E-state index contributed by atoms with van der Waals surface area (Å²) in [6.45, 7) is 0. The molecule has 0 rings (SSSR count). The van der Waals surface area contributed by atoms with Gasteiger partial charge >= 0.3 is 5.97 Å². The number of alkyl halides is 8. The smallest absolute Gasteiger partial charge is 0.356 e. The van der Waals surface area contributed by atoms with Crippen LogP contribution < -0.4 is 0 Å². The van der Waals surface area contributed by atoms with Crippen molar-refractivity contribution in [3.05, 3.63) is 0 Å². The lowest BCUT2D eigenvalue weighted by molar-refractivity contribution is -0.135. The quantitative estimate of drug-likeness (QED) is 0.419. The van der Waals surface area contributed by atoms with Crippen LogP contribution in [0.25, 0.3) is 0 Å². The van der Waals surface area contributed by atoms with Crippen molar-refractivity contribution < 1.29 is 20.1 Å². The summed E-state index contributed by atoms with van der Waals surface area (Å²) in [6.07, 6.45) is -1.91. The Morgan fingerprint density at radius 1 is 1.00 bits per heavy atom. The lowest BCUT2D eigenvalue weighted by Gasteiger charge is -2.10. The summed E-state index contributed by atoms with van der Waals surface area (Å²) in [5.74, 6) is -1.46. The Hall–Kier alpha value is 1.71. The van der Waals surface area contributed by atoms with Gasteiger partial charge in [-0.1, -0.05) is 69.6 Å². The molecule has 0 saturated heterocycles. The van der Waals surface area contributed by atoms with Crippen molar-refractivity contribution in [2.24, 2.45) is 0 Å². The van der Waals surface area contributed by atoms with Crippen LogP contribution in [0.5, 0.6) is 0 Å². The molecule has 0 spiro atoms. The normalized spacial score (nSPS) is 11.0. The van der Waals surface area contributed by atoms with Gasteiger partial charge in [0.2, 0.25) is 3.79 Å². The fourth-order valence-corrected chi connectivity index (χ4v) is 0. The highest BCUT2D eigenvalue weighted by Gasteiger charge is 2.29. The summed E-state index contributed by atoms with van der Waals surface area (Å²) in [6, 6.07) is 0. The van der Waals surface area contributed by atoms with E-state index >= 15 is 0 Å². The second-order valence-electron chi connectivity index (χ2n) is 1.82. The first-order chi connectivity index (χ1) is 7.30. The van der Waals surface area contributed by atoms with Gasteiger partial charge in [0.15, 0.2) is 6.29 Å². The van der Waals surface area contributed by atoms with Crippen LogP contribution in [0.15, 0.2) is 0 Å². The zero-order valence-electron chi connectivity index (χ0n) is 7.56. The summed E-state index contributed by atoms with van der Waals surface area (Å²) in [5.41, 5.74) is 0. The van der Waals surface area contributed by atoms with E-state index in [1.807, 2.05) is 0 Å². The maximum atomic E-state index is 9.62. The first-order valence-corrected chi connectivity index (χ1v) is 6.49. The lowest BCUT2D eigenvalue weighted by atomic mass is 10.8. The van der Waals surface area contributed by atoms with Crippen molar-refractivity contribution in [1.82, 2.24) is 0 Å². The predicted octanol–water partition coefficient (Wildman–Crippen LogP) is 3.53. The molecule has 0 aromatic heterocycles. The van der Waals surface area contributed by atoms with Crippen LogP contribution in [0.4, 0.5) is 0 Å². The molecular formula is C5H6Cl8O4. The predicted molar refractivity (Wildman–Crippen MR) is 73.0 cm³/mol. The maximum Gasteiger partial charge on any atom is 0.356 e. The van der Waals surface area contributed by atoms with Gasteiger partial charge in [0, 0.05) is 0 Å². The second-order valence-corrected chi connectivity index (χ2v) is 7.28. The summed E-state index contributed by atoms with van der Waals surface area (Å²) < 4.78 is -4.14. The second kappa shape index (κ2) is 11.5. The van der Waals surface area contributed by atoms with Gasteiger partial charge in [-0.15, -0.1) is 23.2 Å². The Labute approximate surface area is 137 Å². The topological polar surface area (TPSA) is 77.8 Å². The number of hydrogen-bond acceptors (Lipinski definition) is 3. The molecule has 0 bridgehead atoms. The molecule has 0 amide bonds. The molecule has 0 aliphatic rings. The molecular weight excluding hydrogens is 408 g/mol. The van der Waals surface area contributed by atoms with Crippen molar-refractivity contribution in [1.29, 1.82) is 0 Å². The van der Waals surface area contributed by atoms with Crippen molar-refractivity contribution in [2.45, 2.75) is 13.9 Å². The van der Waals surface area contributed by atoms with Crippen molar-refractivity contribution in [3.63, 3.8) is 0 Å². The molecule has 0 aliphatic carbocycles. The zero-order chi connectivity index (χ0) is 14.9. The van der Waals surface area contributed by atoms with Crippen LogP contribution in [-0.4, -0.2) is 40.5 Å². The Kier molecular flexibility index (Phi) is 16.1. The largest absolute Gasteiger partial charge is 0.478 e.